The number of carbonyl (C=O) groups is 1. The number of benzene rings is 2. The lowest BCUT2D eigenvalue weighted by atomic mass is 10.0. The van der Waals surface area contributed by atoms with Gasteiger partial charge in [-0.1, -0.05) is 26.0 Å². The van der Waals surface area contributed by atoms with E-state index in [1.54, 1.807) is 23.5 Å². The summed E-state index contributed by atoms with van der Waals surface area (Å²) in [6, 6.07) is 11.7. The second-order valence-corrected chi connectivity index (χ2v) is 6.54. The summed E-state index contributed by atoms with van der Waals surface area (Å²) in [6.07, 6.45) is 2.07. The van der Waals surface area contributed by atoms with Gasteiger partial charge >= 0.3 is 0 Å². The van der Waals surface area contributed by atoms with E-state index in [0.29, 0.717) is 5.56 Å². The maximum Gasteiger partial charge on any atom is 0.252 e. The zero-order valence-electron chi connectivity index (χ0n) is 12.5. The van der Waals surface area contributed by atoms with E-state index in [0.717, 1.165) is 28.9 Å². The fourth-order valence-corrected chi connectivity index (χ4v) is 3.73. The summed E-state index contributed by atoms with van der Waals surface area (Å²) in [5.41, 5.74) is 5.33. The molecule has 112 valence electrons. The van der Waals surface area contributed by atoms with Crippen LogP contribution in [0, 0.1) is 0 Å². The number of fused-ring (bicyclic) bond motifs is 1. The predicted molar refractivity (Wildman–Crippen MR) is 94.0 cm³/mol. The molecule has 1 aromatic heterocycles. The number of nitrogens with zero attached hydrogens (tertiary/aromatic N) is 1. The van der Waals surface area contributed by atoms with Crippen molar-refractivity contribution < 1.29 is 4.79 Å². The van der Waals surface area contributed by atoms with Crippen LogP contribution in [0.4, 0.5) is 0 Å². The lowest BCUT2D eigenvalue weighted by molar-refractivity contribution is 0.108. The van der Waals surface area contributed by atoms with Gasteiger partial charge in [0.25, 0.3) is 5.24 Å². The molecule has 0 spiro atoms. The molecule has 3 aromatic rings. The Morgan fingerprint density at radius 3 is 2.32 bits per heavy atom. The van der Waals surface area contributed by atoms with Crippen LogP contribution in [0.15, 0.2) is 36.4 Å². The minimum absolute atomic E-state index is 0.434. The molecule has 4 heteroatoms. The standard InChI is InChI=1S/C18H16ClNOS/c1-3-11-9-15-16(10-12(11)4-2)22-18(20-15)14-7-5-13(6-8-14)17(19)21/h5-10H,3-4H2,1-2H3. The van der Waals surface area contributed by atoms with Crippen LogP contribution in [0.25, 0.3) is 20.8 Å². The number of aryl methyl sites for hydroxylation is 2. The molecular weight excluding hydrogens is 314 g/mol. The van der Waals surface area contributed by atoms with Crippen LogP contribution in [0.3, 0.4) is 0 Å². The van der Waals surface area contributed by atoms with Crippen molar-refractivity contribution in [1.82, 2.24) is 4.98 Å². The van der Waals surface area contributed by atoms with Crippen LogP contribution in [0.1, 0.15) is 35.3 Å². The molecule has 3 rings (SSSR count). The molecule has 0 aliphatic heterocycles. The molecule has 0 saturated carbocycles. The van der Waals surface area contributed by atoms with E-state index < -0.39 is 5.24 Å². The van der Waals surface area contributed by atoms with Gasteiger partial charge in [0, 0.05) is 11.1 Å². The molecular formula is C18H16ClNOS. The molecule has 0 amide bonds. The molecule has 0 atom stereocenters. The van der Waals surface area contributed by atoms with Crippen LogP contribution in [-0.4, -0.2) is 10.2 Å². The fourth-order valence-electron chi connectivity index (χ4n) is 2.58. The van der Waals surface area contributed by atoms with E-state index in [-0.39, 0.29) is 0 Å². The second-order valence-electron chi connectivity index (χ2n) is 5.17. The van der Waals surface area contributed by atoms with E-state index in [9.17, 15) is 4.79 Å². The van der Waals surface area contributed by atoms with Gasteiger partial charge in [-0.05, 0) is 59.8 Å². The van der Waals surface area contributed by atoms with Gasteiger partial charge in [0.15, 0.2) is 0 Å². The van der Waals surface area contributed by atoms with Crippen LogP contribution >= 0.6 is 22.9 Å². The summed E-state index contributed by atoms with van der Waals surface area (Å²) in [5, 5.41) is 0.537. The van der Waals surface area contributed by atoms with Gasteiger partial charge in [-0.25, -0.2) is 4.98 Å². The van der Waals surface area contributed by atoms with Gasteiger partial charge in [-0.3, -0.25) is 4.79 Å². The van der Waals surface area contributed by atoms with Gasteiger partial charge in [0.05, 0.1) is 10.2 Å². The Morgan fingerprint density at radius 1 is 1.09 bits per heavy atom. The van der Waals surface area contributed by atoms with Gasteiger partial charge in [0.2, 0.25) is 0 Å². The molecule has 0 N–H and O–H groups in total. The third-order valence-corrected chi connectivity index (χ3v) is 5.12. The Balaban J connectivity index is 2.06. The van der Waals surface area contributed by atoms with Crippen LogP contribution in [0.2, 0.25) is 0 Å². The molecule has 0 radical (unpaired) electrons. The summed E-state index contributed by atoms with van der Waals surface area (Å²) in [7, 11) is 0. The molecule has 0 bridgehead atoms. The summed E-state index contributed by atoms with van der Waals surface area (Å²) >= 11 is 7.16. The van der Waals surface area contributed by atoms with Crippen molar-refractivity contribution in [2.24, 2.45) is 0 Å². The first-order chi connectivity index (χ1) is 10.6. The number of aromatic nitrogens is 1. The predicted octanol–water partition coefficient (Wildman–Crippen LogP) is 5.47. The van der Waals surface area contributed by atoms with Crippen molar-refractivity contribution >= 4 is 38.4 Å². The minimum Gasteiger partial charge on any atom is -0.276 e. The lowest BCUT2D eigenvalue weighted by Crippen LogP contribution is -1.90. The molecule has 0 fully saturated rings. The van der Waals surface area contributed by atoms with E-state index >= 15 is 0 Å². The zero-order valence-corrected chi connectivity index (χ0v) is 14.1. The first kappa shape index (κ1) is 15.2. The molecule has 0 unspecified atom stereocenters. The van der Waals surface area contributed by atoms with Gasteiger partial charge in [-0.2, -0.15) is 0 Å². The Bertz CT molecular complexity index is 795. The summed E-state index contributed by atoms with van der Waals surface area (Å²) in [5.74, 6) is 0. The van der Waals surface area contributed by atoms with Crippen molar-refractivity contribution in [3.05, 3.63) is 53.1 Å². The van der Waals surface area contributed by atoms with Crippen molar-refractivity contribution in [3.63, 3.8) is 0 Å². The quantitative estimate of drug-likeness (QED) is 0.594. The zero-order chi connectivity index (χ0) is 15.7. The Kier molecular flexibility index (Phi) is 4.27. The maximum absolute atomic E-state index is 11.1. The van der Waals surface area contributed by atoms with Crippen molar-refractivity contribution in [1.29, 1.82) is 0 Å². The average molecular weight is 330 g/mol. The molecule has 2 nitrogen and oxygen atoms in total. The number of thiazole rings is 1. The highest BCUT2D eigenvalue weighted by Gasteiger charge is 2.10. The highest BCUT2D eigenvalue weighted by molar-refractivity contribution is 7.21. The van der Waals surface area contributed by atoms with Crippen molar-refractivity contribution in [3.8, 4) is 10.6 Å². The Hall–Kier alpha value is -1.71. The minimum atomic E-state index is -0.434. The molecule has 22 heavy (non-hydrogen) atoms. The summed E-state index contributed by atoms with van der Waals surface area (Å²) in [6.45, 7) is 4.36. The van der Waals surface area contributed by atoms with Crippen LogP contribution in [0.5, 0.6) is 0 Å². The molecule has 0 aliphatic rings. The molecule has 2 aromatic carbocycles. The number of hydrogen-bond donors (Lipinski definition) is 0. The number of carbonyl (C=O) groups excluding carboxylic acids is 1. The van der Waals surface area contributed by atoms with Gasteiger partial charge < -0.3 is 0 Å². The van der Waals surface area contributed by atoms with Gasteiger partial charge in [-0.15, -0.1) is 11.3 Å². The summed E-state index contributed by atoms with van der Waals surface area (Å²) in [4.78, 5) is 15.9. The van der Waals surface area contributed by atoms with Crippen LogP contribution < -0.4 is 0 Å². The largest absolute Gasteiger partial charge is 0.276 e. The third kappa shape index (κ3) is 2.79. The lowest BCUT2D eigenvalue weighted by Gasteiger charge is -2.04. The fraction of sp³-hybridized carbons (Fsp3) is 0.222. The summed E-state index contributed by atoms with van der Waals surface area (Å²) < 4.78 is 1.21. The number of hydrogen-bond acceptors (Lipinski definition) is 3. The highest BCUT2D eigenvalue weighted by atomic mass is 35.5. The molecule has 0 aliphatic carbocycles. The monoisotopic (exact) mass is 329 g/mol. The topological polar surface area (TPSA) is 30.0 Å². The van der Waals surface area contributed by atoms with E-state index in [4.69, 9.17) is 16.6 Å². The first-order valence-electron chi connectivity index (χ1n) is 7.35. The number of rotatable bonds is 4. The second kappa shape index (κ2) is 6.19. The highest BCUT2D eigenvalue weighted by Crippen LogP contribution is 2.32. The SMILES string of the molecule is CCc1cc2nc(-c3ccc(C(=O)Cl)cc3)sc2cc1CC. The third-order valence-electron chi connectivity index (χ3n) is 3.83. The Labute approximate surface area is 138 Å². The van der Waals surface area contributed by atoms with Gasteiger partial charge in [0.1, 0.15) is 5.01 Å². The van der Waals surface area contributed by atoms with Crippen molar-refractivity contribution in [2.75, 3.05) is 0 Å². The maximum atomic E-state index is 11.1. The molecule has 0 saturated heterocycles. The van der Waals surface area contributed by atoms with E-state index in [1.165, 1.54) is 15.8 Å². The van der Waals surface area contributed by atoms with E-state index in [1.807, 2.05) is 12.1 Å². The van der Waals surface area contributed by atoms with E-state index in [2.05, 4.69) is 26.0 Å². The Morgan fingerprint density at radius 2 is 1.73 bits per heavy atom. The smallest absolute Gasteiger partial charge is 0.252 e. The average Bonchev–Trinajstić information content (AvgIpc) is 2.96. The first-order valence-corrected chi connectivity index (χ1v) is 8.54. The number of halogens is 1. The normalized spacial score (nSPS) is 11.0. The molecule has 1 heterocycles. The van der Waals surface area contributed by atoms with Crippen molar-refractivity contribution in [2.45, 2.75) is 26.7 Å². The van der Waals surface area contributed by atoms with Crippen LogP contribution in [-0.2, 0) is 12.8 Å².